The van der Waals surface area contributed by atoms with Gasteiger partial charge in [0.15, 0.2) is 0 Å². The Morgan fingerprint density at radius 3 is 2.53 bits per heavy atom. The molecule has 43 heavy (non-hydrogen) atoms. The van der Waals surface area contributed by atoms with E-state index in [0.717, 1.165) is 19.3 Å². The number of amides is 3. The second-order valence-electron chi connectivity index (χ2n) is 12.4. The zero-order valence-electron chi connectivity index (χ0n) is 25.4. The highest BCUT2D eigenvalue weighted by Crippen LogP contribution is 2.46. The highest BCUT2D eigenvalue weighted by molar-refractivity contribution is 5.97. The molecule has 1 aromatic rings. The molecule has 234 valence electrons. The molecule has 0 aromatic heterocycles. The minimum absolute atomic E-state index is 0.0364. The van der Waals surface area contributed by atoms with E-state index >= 15 is 0 Å². The average Bonchev–Trinajstić information content (AvgIpc) is 3.48. The quantitative estimate of drug-likeness (QED) is 0.298. The summed E-state index contributed by atoms with van der Waals surface area (Å²) in [6.07, 6.45) is 6.34. The first kappa shape index (κ1) is 32.0. The normalized spacial score (nSPS) is 27.9. The highest BCUT2D eigenvalue weighted by atomic mass is 16.6. The summed E-state index contributed by atoms with van der Waals surface area (Å²) in [6, 6.07) is 6.47. The van der Waals surface area contributed by atoms with E-state index in [-0.39, 0.29) is 25.5 Å². The summed E-state index contributed by atoms with van der Waals surface area (Å²) in [7, 11) is 0. The molecule has 0 spiro atoms. The maximum Gasteiger partial charge on any atom is 0.408 e. The molecule has 1 aromatic carbocycles. The van der Waals surface area contributed by atoms with Crippen molar-refractivity contribution < 1.29 is 38.2 Å². The van der Waals surface area contributed by atoms with Crippen LogP contribution < -0.4 is 10.6 Å². The topological polar surface area (TPSA) is 140 Å². The van der Waals surface area contributed by atoms with Crippen molar-refractivity contribution in [1.29, 1.82) is 0 Å². The van der Waals surface area contributed by atoms with Crippen molar-refractivity contribution in [2.24, 2.45) is 5.92 Å². The van der Waals surface area contributed by atoms with Gasteiger partial charge in [-0.3, -0.25) is 9.59 Å². The maximum atomic E-state index is 14.1. The number of nitrogens with zero attached hydrogens (tertiary/aromatic N) is 1. The Labute approximate surface area is 252 Å². The molecule has 11 nitrogen and oxygen atoms in total. The fourth-order valence-corrected chi connectivity index (χ4v) is 5.64. The number of rotatable bonds is 5. The van der Waals surface area contributed by atoms with Gasteiger partial charge in [0.05, 0.1) is 18.7 Å². The van der Waals surface area contributed by atoms with E-state index in [1.54, 1.807) is 58.0 Å². The molecule has 1 saturated heterocycles. The van der Waals surface area contributed by atoms with Crippen molar-refractivity contribution >= 4 is 29.8 Å². The summed E-state index contributed by atoms with van der Waals surface area (Å²) in [5.41, 5.74) is -1.64. The molecule has 3 aliphatic rings. The fraction of sp³-hybridized carbons (Fsp3) is 0.594. The van der Waals surface area contributed by atoms with Crippen LogP contribution in [0.1, 0.15) is 83.0 Å². The average molecular weight is 598 g/mol. The molecule has 1 saturated carbocycles. The van der Waals surface area contributed by atoms with Gasteiger partial charge in [-0.1, -0.05) is 43.2 Å². The van der Waals surface area contributed by atoms with E-state index in [9.17, 15) is 24.0 Å². The van der Waals surface area contributed by atoms with Crippen LogP contribution in [-0.4, -0.2) is 77.2 Å². The zero-order valence-corrected chi connectivity index (χ0v) is 25.4. The molecule has 2 N–H and O–H groups in total. The Balaban J connectivity index is 1.62. The van der Waals surface area contributed by atoms with E-state index in [2.05, 4.69) is 10.6 Å². The molecule has 5 atom stereocenters. The first-order valence-electron chi connectivity index (χ1n) is 15.2. The minimum atomic E-state index is -1.22. The second-order valence-corrected chi connectivity index (χ2v) is 12.4. The van der Waals surface area contributed by atoms with Gasteiger partial charge in [-0.2, -0.15) is 0 Å². The number of alkyl carbamates (subject to hydrolysis) is 1. The van der Waals surface area contributed by atoms with Crippen molar-refractivity contribution in [2.75, 3.05) is 13.2 Å². The van der Waals surface area contributed by atoms with E-state index in [1.807, 2.05) is 12.2 Å². The lowest BCUT2D eigenvalue weighted by molar-refractivity contribution is -0.150. The Hall–Kier alpha value is -3.89. The Morgan fingerprint density at radius 2 is 1.84 bits per heavy atom. The monoisotopic (exact) mass is 597 g/mol. The zero-order chi connectivity index (χ0) is 31.2. The van der Waals surface area contributed by atoms with Gasteiger partial charge in [-0.25, -0.2) is 14.4 Å². The van der Waals surface area contributed by atoms with Crippen LogP contribution in [0, 0.1) is 5.92 Å². The third-order valence-corrected chi connectivity index (χ3v) is 7.85. The Bertz CT molecular complexity index is 1230. The molecular weight excluding hydrogens is 554 g/mol. The van der Waals surface area contributed by atoms with Crippen molar-refractivity contribution in [2.45, 2.75) is 102 Å². The second kappa shape index (κ2) is 13.6. The van der Waals surface area contributed by atoms with E-state index in [1.165, 1.54) is 4.90 Å². The highest BCUT2D eigenvalue weighted by Gasteiger charge is 2.62. The molecule has 2 fully saturated rings. The molecule has 4 rings (SSSR count). The number of allylic oxidation sites excluding steroid dienone is 1. The van der Waals surface area contributed by atoms with Crippen molar-refractivity contribution in [3.63, 3.8) is 0 Å². The lowest BCUT2D eigenvalue weighted by Gasteiger charge is -2.30. The standard InChI is InChI=1S/C32H43N3O8/c1-5-41-29(39)32-19-22(32)16-12-7-6-8-13-17-24(33-30(40)43-31(2,3)4)27(37)35-20-23(18-25(35)26(36)34-32)42-28(38)21-14-10-9-11-15-21/h9-12,14-16,22-25H,5-8,13,17-20H2,1-4H3,(H,33,40)(H,34,36). The van der Waals surface area contributed by atoms with E-state index in [4.69, 9.17) is 14.2 Å². The summed E-state index contributed by atoms with van der Waals surface area (Å²) >= 11 is 0. The van der Waals surface area contributed by atoms with Gasteiger partial charge >= 0.3 is 18.0 Å². The summed E-state index contributed by atoms with van der Waals surface area (Å²) in [4.78, 5) is 67.9. The van der Waals surface area contributed by atoms with Crippen LogP contribution in [0.2, 0.25) is 0 Å². The number of hydrogen-bond acceptors (Lipinski definition) is 8. The molecule has 0 bridgehead atoms. The smallest absolute Gasteiger partial charge is 0.408 e. The largest absolute Gasteiger partial charge is 0.464 e. The molecule has 11 heteroatoms. The van der Waals surface area contributed by atoms with E-state index in [0.29, 0.717) is 24.8 Å². The summed E-state index contributed by atoms with van der Waals surface area (Å²) in [5.74, 6) is -2.33. The Kier molecular flexibility index (Phi) is 10.1. The predicted octanol–water partition coefficient (Wildman–Crippen LogP) is 3.66. The van der Waals surface area contributed by atoms with Crippen LogP contribution in [0.5, 0.6) is 0 Å². The first-order chi connectivity index (χ1) is 20.4. The number of hydrogen-bond donors (Lipinski definition) is 2. The van der Waals surface area contributed by atoms with Crippen LogP contribution in [0.4, 0.5) is 4.79 Å². The van der Waals surface area contributed by atoms with Crippen molar-refractivity contribution in [3.8, 4) is 0 Å². The summed E-state index contributed by atoms with van der Waals surface area (Å²) in [5, 5.41) is 5.60. The number of nitrogens with one attached hydrogen (secondary N) is 2. The van der Waals surface area contributed by atoms with Gasteiger partial charge in [0.25, 0.3) is 0 Å². The van der Waals surface area contributed by atoms with Gasteiger partial charge in [0, 0.05) is 12.3 Å². The predicted molar refractivity (Wildman–Crippen MR) is 157 cm³/mol. The number of carbonyl (C=O) groups excluding carboxylic acids is 5. The SMILES string of the molecule is CCOC(=O)C12CC1C=CCCCCCC(NC(=O)OC(C)(C)C)C(=O)N1CC(OC(=O)c3ccccc3)CC1C(=O)N2. The number of ether oxygens (including phenoxy) is 3. The number of fused-ring (bicyclic) bond motifs is 2. The minimum Gasteiger partial charge on any atom is -0.464 e. The molecule has 0 radical (unpaired) electrons. The Morgan fingerprint density at radius 1 is 1.09 bits per heavy atom. The lowest BCUT2D eigenvalue weighted by Crippen LogP contribution is -2.56. The molecule has 5 unspecified atom stereocenters. The van der Waals surface area contributed by atoms with Gasteiger partial charge in [-0.15, -0.1) is 0 Å². The van der Waals surface area contributed by atoms with Gasteiger partial charge < -0.3 is 29.7 Å². The van der Waals surface area contributed by atoms with Crippen LogP contribution in [0.25, 0.3) is 0 Å². The van der Waals surface area contributed by atoms with E-state index < -0.39 is 59.2 Å². The molecule has 2 heterocycles. The third kappa shape index (κ3) is 8.14. The third-order valence-electron chi connectivity index (χ3n) is 7.85. The fourth-order valence-electron chi connectivity index (χ4n) is 5.64. The van der Waals surface area contributed by atoms with Crippen LogP contribution in [0.15, 0.2) is 42.5 Å². The van der Waals surface area contributed by atoms with Crippen LogP contribution >= 0.6 is 0 Å². The molecular formula is C32H43N3O8. The maximum absolute atomic E-state index is 14.1. The molecule has 1 aliphatic carbocycles. The molecule has 3 amide bonds. The van der Waals surface area contributed by atoms with Crippen LogP contribution in [0.3, 0.4) is 0 Å². The number of benzene rings is 1. The van der Waals surface area contributed by atoms with Crippen molar-refractivity contribution in [1.82, 2.24) is 15.5 Å². The summed E-state index contributed by atoms with van der Waals surface area (Å²) < 4.78 is 16.5. The van der Waals surface area contributed by atoms with Crippen LogP contribution in [-0.2, 0) is 28.6 Å². The number of esters is 2. The van der Waals surface area contributed by atoms with Crippen molar-refractivity contribution in [3.05, 3.63) is 48.0 Å². The molecule has 2 aliphatic heterocycles. The van der Waals surface area contributed by atoms with Gasteiger partial charge in [0.2, 0.25) is 11.8 Å². The number of carbonyl (C=O) groups is 5. The first-order valence-corrected chi connectivity index (χ1v) is 15.2. The lowest BCUT2D eigenvalue weighted by atomic mass is 10.0. The van der Waals surface area contributed by atoms with Gasteiger partial charge in [0.1, 0.15) is 29.3 Å². The summed E-state index contributed by atoms with van der Waals surface area (Å²) in [6.45, 7) is 7.02. The van der Waals surface area contributed by atoms with Gasteiger partial charge in [-0.05, 0) is 65.5 Å².